The monoisotopic (exact) mass is 301 g/mol. The van der Waals surface area contributed by atoms with Gasteiger partial charge in [0.25, 0.3) is 0 Å². The van der Waals surface area contributed by atoms with Crippen LogP contribution in [0.1, 0.15) is 12.0 Å². The van der Waals surface area contributed by atoms with Gasteiger partial charge in [-0.05, 0) is 18.1 Å². The Kier molecular flexibility index (Phi) is 4.11. The first kappa shape index (κ1) is 14.6. The normalized spacial score (nSPS) is 19.2. The minimum Gasteiger partial charge on any atom is -0.381 e. The number of fused-ring (bicyclic) bond motifs is 1. The zero-order valence-electron chi connectivity index (χ0n) is 12.2. The van der Waals surface area contributed by atoms with Crippen molar-refractivity contribution in [1.82, 2.24) is 10.3 Å². The molecule has 6 nitrogen and oxygen atoms in total. The van der Waals surface area contributed by atoms with E-state index in [-0.39, 0.29) is 11.8 Å². The smallest absolute Gasteiger partial charge is 0.240 e. The number of carbonyl (C=O) groups excluding carboxylic acids is 2. The van der Waals surface area contributed by atoms with Gasteiger partial charge in [0.2, 0.25) is 11.8 Å². The SMILES string of the molecule is NC(=O)[C@@H](Cc1c[nH]c2ccccc12)NC(=O)[C@H]1CCOC1. The van der Waals surface area contributed by atoms with Gasteiger partial charge in [-0.25, -0.2) is 0 Å². The first-order valence-corrected chi connectivity index (χ1v) is 7.37. The summed E-state index contributed by atoms with van der Waals surface area (Å²) in [5, 5.41) is 3.79. The summed E-state index contributed by atoms with van der Waals surface area (Å²) in [7, 11) is 0. The number of aromatic amines is 1. The number of para-hydroxylation sites is 1. The molecule has 2 aromatic rings. The molecule has 0 unspecified atom stereocenters. The van der Waals surface area contributed by atoms with Crippen molar-refractivity contribution in [2.24, 2.45) is 11.7 Å². The minimum absolute atomic E-state index is 0.166. The quantitative estimate of drug-likeness (QED) is 0.759. The molecule has 0 radical (unpaired) electrons. The number of nitrogens with one attached hydrogen (secondary N) is 2. The Morgan fingerprint density at radius 3 is 2.95 bits per heavy atom. The Morgan fingerprint density at radius 1 is 1.41 bits per heavy atom. The highest BCUT2D eigenvalue weighted by atomic mass is 16.5. The van der Waals surface area contributed by atoms with Crippen LogP contribution in [-0.2, 0) is 20.7 Å². The van der Waals surface area contributed by atoms with Crippen LogP contribution in [0.5, 0.6) is 0 Å². The lowest BCUT2D eigenvalue weighted by Crippen LogP contribution is -2.48. The maximum atomic E-state index is 12.1. The topological polar surface area (TPSA) is 97.2 Å². The van der Waals surface area contributed by atoms with Gasteiger partial charge in [-0.2, -0.15) is 0 Å². The van der Waals surface area contributed by atoms with Gasteiger partial charge in [-0.3, -0.25) is 9.59 Å². The molecule has 4 N–H and O–H groups in total. The van der Waals surface area contributed by atoms with Gasteiger partial charge in [0, 0.05) is 30.1 Å². The van der Waals surface area contributed by atoms with Crippen molar-refractivity contribution in [3.63, 3.8) is 0 Å². The van der Waals surface area contributed by atoms with Gasteiger partial charge in [0.1, 0.15) is 6.04 Å². The van der Waals surface area contributed by atoms with E-state index in [1.54, 1.807) is 0 Å². The zero-order valence-corrected chi connectivity index (χ0v) is 12.2. The third kappa shape index (κ3) is 2.96. The Hall–Kier alpha value is -2.34. The second kappa shape index (κ2) is 6.19. The molecular formula is C16H19N3O3. The fourth-order valence-corrected chi connectivity index (χ4v) is 2.77. The second-order valence-electron chi connectivity index (χ2n) is 5.59. The summed E-state index contributed by atoms with van der Waals surface area (Å²) >= 11 is 0. The molecule has 1 aromatic heterocycles. The van der Waals surface area contributed by atoms with Crippen molar-refractivity contribution in [2.45, 2.75) is 18.9 Å². The molecular weight excluding hydrogens is 282 g/mol. The molecule has 116 valence electrons. The minimum atomic E-state index is -0.715. The van der Waals surface area contributed by atoms with Crippen LogP contribution in [0.15, 0.2) is 30.5 Å². The molecule has 1 aliphatic rings. The van der Waals surface area contributed by atoms with Crippen LogP contribution in [0, 0.1) is 5.92 Å². The van der Waals surface area contributed by atoms with E-state index in [4.69, 9.17) is 10.5 Å². The number of aromatic nitrogens is 1. The number of benzene rings is 1. The van der Waals surface area contributed by atoms with Crippen molar-refractivity contribution in [2.75, 3.05) is 13.2 Å². The predicted octanol–water partition coefficient (Wildman–Crippen LogP) is 0.717. The lowest BCUT2D eigenvalue weighted by Gasteiger charge is -2.17. The number of primary amides is 1. The molecule has 0 aliphatic carbocycles. The van der Waals surface area contributed by atoms with Crippen LogP contribution in [0.25, 0.3) is 10.9 Å². The van der Waals surface area contributed by atoms with Crippen LogP contribution in [-0.4, -0.2) is 36.1 Å². The number of rotatable bonds is 5. The van der Waals surface area contributed by atoms with Crippen molar-refractivity contribution >= 4 is 22.7 Å². The molecule has 0 bridgehead atoms. The summed E-state index contributed by atoms with van der Waals surface area (Å²) in [4.78, 5) is 27.0. The Bertz CT molecular complexity index is 689. The number of hydrogen-bond donors (Lipinski definition) is 3. The number of carbonyl (C=O) groups is 2. The standard InChI is InChI=1S/C16H19N3O3/c17-15(20)14(19-16(21)10-5-6-22-9-10)7-11-8-18-13-4-2-1-3-12(11)13/h1-4,8,10,14,18H,5-7,9H2,(H2,17,20)(H,19,21)/t10-,14+/m0/s1. The lowest BCUT2D eigenvalue weighted by molar-refractivity contribution is -0.129. The second-order valence-corrected chi connectivity index (χ2v) is 5.59. The number of hydrogen-bond acceptors (Lipinski definition) is 3. The summed E-state index contributed by atoms with van der Waals surface area (Å²) in [6, 6.07) is 7.11. The summed E-state index contributed by atoms with van der Waals surface area (Å²) in [5.41, 5.74) is 7.41. The Balaban J connectivity index is 1.74. The molecule has 6 heteroatoms. The number of amides is 2. The number of H-pyrrole nitrogens is 1. The third-order valence-electron chi connectivity index (χ3n) is 4.06. The van der Waals surface area contributed by atoms with Crippen LogP contribution in [0.3, 0.4) is 0 Å². The van der Waals surface area contributed by atoms with Gasteiger partial charge in [-0.1, -0.05) is 18.2 Å². The molecule has 2 heterocycles. The average Bonchev–Trinajstić information content (AvgIpc) is 3.16. The largest absolute Gasteiger partial charge is 0.381 e. The van der Waals surface area contributed by atoms with E-state index in [0.29, 0.717) is 26.1 Å². The van der Waals surface area contributed by atoms with E-state index in [0.717, 1.165) is 16.5 Å². The van der Waals surface area contributed by atoms with Crippen molar-refractivity contribution in [3.8, 4) is 0 Å². The summed E-state index contributed by atoms with van der Waals surface area (Å²) in [6.45, 7) is 0.992. The lowest BCUT2D eigenvalue weighted by atomic mass is 10.0. The van der Waals surface area contributed by atoms with Crippen LogP contribution in [0.2, 0.25) is 0 Å². The van der Waals surface area contributed by atoms with Gasteiger partial charge in [0.15, 0.2) is 0 Å². The Morgan fingerprint density at radius 2 is 2.23 bits per heavy atom. The number of ether oxygens (including phenoxy) is 1. The molecule has 0 saturated carbocycles. The van der Waals surface area contributed by atoms with Gasteiger partial charge >= 0.3 is 0 Å². The van der Waals surface area contributed by atoms with Crippen LogP contribution < -0.4 is 11.1 Å². The Labute approximate surface area is 128 Å². The maximum Gasteiger partial charge on any atom is 0.240 e. The van der Waals surface area contributed by atoms with E-state index < -0.39 is 11.9 Å². The van der Waals surface area contributed by atoms with Gasteiger partial charge in [0.05, 0.1) is 12.5 Å². The van der Waals surface area contributed by atoms with E-state index in [9.17, 15) is 9.59 Å². The third-order valence-corrected chi connectivity index (χ3v) is 4.06. The summed E-state index contributed by atoms with van der Waals surface area (Å²) in [5.74, 6) is -0.886. The molecule has 22 heavy (non-hydrogen) atoms. The highest BCUT2D eigenvalue weighted by Crippen LogP contribution is 2.19. The van der Waals surface area contributed by atoms with E-state index in [1.807, 2.05) is 30.5 Å². The van der Waals surface area contributed by atoms with Crippen molar-refractivity contribution < 1.29 is 14.3 Å². The van der Waals surface area contributed by atoms with Gasteiger partial charge in [-0.15, -0.1) is 0 Å². The summed E-state index contributed by atoms with van der Waals surface area (Å²) in [6.07, 6.45) is 2.91. The van der Waals surface area contributed by atoms with Crippen LogP contribution in [0.4, 0.5) is 0 Å². The van der Waals surface area contributed by atoms with E-state index in [2.05, 4.69) is 10.3 Å². The van der Waals surface area contributed by atoms with E-state index in [1.165, 1.54) is 0 Å². The molecule has 0 spiro atoms. The molecule has 2 amide bonds. The van der Waals surface area contributed by atoms with Gasteiger partial charge < -0.3 is 20.8 Å². The molecule has 2 atom stereocenters. The fourth-order valence-electron chi connectivity index (χ4n) is 2.77. The molecule has 3 rings (SSSR count). The highest BCUT2D eigenvalue weighted by Gasteiger charge is 2.27. The molecule has 1 aliphatic heterocycles. The first-order valence-electron chi connectivity index (χ1n) is 7.37. The van der Waals surface area contributed by atoms with Crippen molar-refractivity contribution in [1.29, 1.82) is 0 Å². The molecule has 1 aromatic carbocycles. The summed E-state index contributed by atoms with van der Waals surface area (Å²) < 4.78 is 5.20. The average molecular weight is 301 g/mol. The molecule has 1 fully saturated rings. The number of nitrogens with two attached hydrogens (primary N) is 1. The van der Waals surface area contributed by atoms with Crippen molar-refractivity contribution in [3.05, 3.63) is 36.0 Å². The molecule has 1 saturated heterocycles. The zero-order chi connectivity index (χ0) is 15.5. The first-order chi connectivity index (χ1) is 10.6. The predicted molar refractivity (Wildman–Crippen MR) is 82.1 cm³/mol. The highest BCUT2D eigenvalue weighted by molar-refractivity contribution is 5.89. The van der Waals surface area contributed by atoms with Crippen LogP contribution >= 0.6 is 0 Å². The van der Waals surface area contributed by atoms with E-state index >= 15 is 0 Å². The maximum absolute atomic E-state index is 12.1. The fraction of sp³-hybridized carbons (Fsp3) is 0.375.